The number of carbonyl (C=O) groups excluding carboxylic acids is 2. The Hall–Kier alpha value is -2.63. The lowest BCUT2D eigenvalue weighted by Crippen LogP contribution is -2.41. The topological polar surface area (TPSA) is 89.4 Å². The molecule has 2 aromatic rings. The molecule has 6 heteroatoms. The number of likely N-dealkylation sites (tertiary alicyclic amines) is 1. The molecule has 0 saturated carbocycles. The van der Waals surface area contributed by atoms with Crippen LogP contribution in [0.5, 0.6) is 0 Å². The number of nitrogens with zero attached hydrogens (tertiary/aromatic N) is 2. The molecule has 6 nitrogen and oxygen atoms in total. The third-order valence-electron chi connectivity index (χ3n) is 4.62. The summed E-state index contributed by atoms with van der Waals surface area (Å²) in [7, 11) is 0. The summed E-state index contributed by atoms with van der Waals surface area (Å²) in [5.74, 6) is 0.792. The smallest absolute Gasteiger partial charge is 0.228 e. The first-order valence-corrected chi connectivity index (χ1v) is 8.69. The molecule has 1 aliphatic heterocycles. The molecule has 2 heterocycles. The first-order chi connectivity index (χ1) is 12.1. The minimum absolute atomic E-state index is 0.0525. The minimum atomic E-state index is -0.278. The standard InChI is InChI=1S/C19H23N3O3/c20-18(23)9-8-14-5-4-10-22(13-14)19(24)12-16-11-17(25-21-16)15-6-2-1-3-7-15/h1-3,6-7,11,14H,4-5,8-10,12-13H2,(H2,20,23)/t14-/m1/s1. The number of aromatic nitrogens is 1. The second-order valence-electron chi connectivity index (χ2n) is 6.58. The normalized spacial score (nSPS) is 17.4. The van der Waals surface area contributed by atoms with Crippen molar-refractivity contribution in [3.05, 3.63) is 42.1 Å². The van der Waals surface area contributed by atoms with Crippen molar-refractivity contribution in [2.75, 3.05) is 13.1 Å². The highest BCUT2D eigenvalue weighted by Gasteiger charge is 2.24. The fourth-order valence-corrected chi connectivity index (χ4v) is 3.27. The Bertz CT molecular complexity index is 727. The Morgan fingerprint density at radius 1 is 1.28 bits per heavy atom. The van der Waals surface area contributed by atoms with Crippen LogP contribution in [0.3, 0.4) is 0 Å². The Morgan fingerprint density at radius 3 is 2.84 bits per heavy atom. The van der Waals surface area contributed by atoms with Crippen LogP contribution in [0.15, 0.2) is 40.9 Å². The summed E-state index contributed by atoms with van der Waals surface area (Å²) in [5, 5.41) is 4.02. The van der Waals surface area contributed by atoms with Gasteiger partial charge >= 0.3 is 0 Å². The van der Waals surface area contributed by atoms with E-state index in [2.05, 4.69) is 5.16 Å². The van der Waals surface area contributed by atoms with E-state index in [0.29, 0.717) is 30.3 Å². The summed E-state index contributed by atoms with van der Waals surface area (Å²) in [4.78, 5) is 25.4. The van der Waals surface area contributed by atoms with Crippen LogP contribution < -0.4 is 5.73 Å². The van der Waals surface area contributed by atoms with Gasteiger partial charge in [0, 0.05) is 31.1 Å². The Balaban J connectivity index is 1.57. The molecule has 1 atom stereocenters. The average molecular weight is 341 g/mol. The zero-order valence-corrected chi connectivity index (χ0v) is 14.2. The zero-order chi connectivity index (χ0) is 17.6. The first kappa shape index (κ1) is 17.2. The number of benzene rings is 1. The maximum Gasteiger partial charge on any atom is 0.228 e. The quantitative estimate of drug-likeness (QED) is 0.873. The number of primary amides is 1. The highest BCUT2D eigenvalue weighted by atomic mass is 16.5. The van der Waals surface area contributed by atoms with E-state index >= 15 is 0 Å². The van der Waals surface area contributed by atoms with E-state index in [1.807, 2.05) is 41.3 Å². The second-order valence-corrected chi connectivity index (χ2v) is 6.58. The van der Waals surface area contributed by atoms with E-state index < -0.39 is 0 Å². The molecule has 3 rings (SSSR count). The predicted molar refractivity (Wildman–Crippen MR) is 93.4 cm³/mol. The van der Waals surface area contributed by atoms with Gasteiger partial charge in [-0.15, -0.1) is 0 Å². The Kier molecular flexibility index (Phi) is 5.48. The lowest BCUT2D eigenvalue weighted by atomic mass is 9.93. The maximum atomic E-state index is 12.5. The Labute approximate surface area is 147 Å². The van der Waals surface area contributed by atoms with Gasteiger partial charge < -0.3 is 15.2 Å². The molecule has 2 N–H and O–H groups in total. The van der Waals surface area contributed by atoms with Crippen molar-refractivity contribution in [2.24, 2.45) is 11.7 Å². The second kappa shape index (κ2) is 7.96. The summed E-state index contributed by atoms with van der Waals surface area (Å²) >= 11 is 0. The molecule has 0 radical (unpaired) electrons. The van der Waals surface area contributed by atoms with Crippen LogP contribution in [-0.4, -0.2) is 35.0 Å². The van der Waals surface area contributed by atoms with Crippen molar-refractivity contribution in [1.82, 2.24) is 10.1 Å². The molecule has 0 unspecified atom stereocenters. The summed E-state index contributed by atoms with van der Waals surface area (Å²) in [6, 6.07) is 11.5. The number of amides is 2. The van der Waals surface area contributed by atoms with Gasteiger partial charge in [-0.2, -0.15) is 0 Å². The minimum Gasteiger partial charge on any atom is -0.370 e. The Morgan fingerprint density at radius 2 is 2.08 bits per heavy atom. The van der Waals surface area contributed by atoms with Crippen molar-refractivity contribution in [3.8, 4) is 11.3 Å². The van der Waals surface area contributed by atoms with Gasteiger partial charge in [0.25, 0.3) is 0 Å². The van der Waals surface area contributed by atoms with E-state index in [-0.39, 0.29) is 18.2 Å². The van der Waals surface area contributed by atoms with Gasteiger partial charge in [-0.25, -0.2) is 0 Å². The van der Waals surface area contributed by atoms with Gasteiger partial charge in [-0.1, -0.05) is 35.5 Å². The van der Waals surface area contributed by atoms with Crippen molar-refractivity contribution >= 4 is 11.8 Å². The van der Waals surface area contributed by atoms with Crippen LogP contribution in [0.1, 0.15) is 31.4 Å². The van der Waals surface area contributed by atoms with Crippen LogP contribution in [-0.2, 0) is 16.0 Å². The van der Waals surface area contributed by atoms with E-state index in [4.69, 9.17) is 10.3 Å². The first-order valence-electron chi connectivity index (χ1n) is 8.69. The molecule has 1 aliphatic rings. The summed E-state index contributed by atoms with van der Waals surface area (Å²) in [5.41, 5.74) is 6.80. The predicted octanol–water partition coefficient (Wildman–Crippen LogP) is 2.39. The van der Waals surface area contributed by atoms with E-state index in [9.17, 15) is 9.59 Å². The molecule has 1 aromatic heterocycles. The lowest BCUT2D eigenvalue weighted by molar-refractivity contribution is -0.132. The molecule has 1 fully saturated rings. The number of rotatable bonds is 6. The van der Waals surface area contributed by atoms with Gasteiger partial charge in [0.2, 0.25) is 11.8 Å². The SMILES string of the molecule is NC(=O)CC[C@H]1CCCN(C(=O)Cc2cc(-c3ccccc3)on2)C1. The molecule has 1 aromatic carbocycles. The average Bonchev–Trinajstić information content (AvgIpc) is 3.09. The molecular weight excluding hydrogens is 318 g/mol. The fourth-order valence-electron chi connectivity index (χ4n) is 3.27. The number of piperidine rings is 1. The van der Waals surface area contributed by atoms with E-state index in [1.165, 1.54) is 0 Å². The molecular formula is C19H23N3O3. The summed E-state index contributed by atoms with van der Waals surface area (Å²) in [6.45, 7) is 1.45. The number of hydrogen-bond donors (Lipinski definition) is 1. The van der Waals surface area contributed by atoms with E-state index in [1.54, 1.807) is 0 Å². The number of carbonyl (C=O) groups is 2. The van der Waals surface area contributed by atoms with Gasteiger partial charge in [-0.05, 0) is 25.2 Å². The van der Waals surface area contributed by atoms with Crippen molar-refractivity contribution in [2.45, 2.75) is 32.1 Å². The molecule has 0 bridgehead atoms. The molecule has 0 spiro atoms. The third-order valence-corrected chi connectivity index (χ3v) is 4.62. The van der Waals surface area contributed by atoms with Crippen molar-refractivity contribution in [1.29, 1.82) is 0 Å². The molecule has 1 saturated heterocycles. The number of hydrogen-bond acceptors (Lipinski definition) is 4. The van der Waals surface area contributed by atoms with Gasteiger partial charge in [-0.3, -0.25) is 9.59 Å². The van der Waals surface area contributed by atoms with Gasteiger partial charge in [0.1, 0.15) is 0 Å². The van der Waals surface area contributed by atoms with Crippen LogP contribution in [0.2, 0.25) is 0 Å². The van der Waals surface area contributed by atoms with Crippen LogP contribution in [0.25, 0.3) is 11.3 Å². The molecule has 2 amide bonds. The molecule has 132 valence electrons. The van der Waals surface area contributed by atoms with Gasteiger partial charge in [0.15, 0.2) is 5.76 Å². The third kappa shape index (κ3) is 4.68. The van der Waals surface area contributed by atoms with E-state index in [0.717, 1.165) is 31.4 Å². The van der Waals surface area contributed by atoms with Crippen LogP contribution in [0.4, 0.5) is 0 Å². The van der Waals surface area contributed by atoms with Crippen LogP contribution in [0, 0.1) is 5.92 Å². The lowest BCUT2D eigenvalue weighted by Gasteiger charge is -2.32. The molecule has 25 heavy (non-hydrogen) atoms. The highest BCUT2D eigenvalue weighted by molar-refractivity contribution is 5.79. The summed E-state index contributed by atoms with van der Waals surface area (Å²) < 4.78 is 5.35. The van der Waals surface area contributed by atoms with Crippen molar-refractivity contribution in [3.63, 3.8) is 0 Å². The highest BCUT2D eigenvalue weighted by Crippen LogP contribution is 2.23. The largest absolute Gasteiger partial charge is 0.370 e. The molecule has 0 aliphatic carbocycles. The van der Waals surface area contributed by atoms with Crippen molar-refractivity contribution < 1.29 is 14.1 Å². The number of nitrogens with two attached hydrogens (primary N) is 1. The van der Waals surface area contributed by atoms with Crippen LogP contribution >= 0.6 is 0 Å². The van der Waals surface area contributed by atoms with Gasteiger partial charge in [0.05, 0.1) is 12.1 Å². The fraction of sp³-hybridized carbons (Fsp3) is 0.421. The monoisotopic (exact) mass is 341 g/mol. The maximum absolute atomic E-state index is 12.5. The summed E-state index contributed by atoms with van der Waals surface area (Å²) in [6.07, 6.45) is 3.37. The zero-order valence-electron chi connectivity index (χ0n) is 14.2.